The fourth-order valence-corrected chi connectivity index (χ4v) is 2.05. The highest BCUT2D eigenvalue weighted by Gasteiger charge is 2.18. The van der Waals surface area contributed by atoms with Crippen LogP contribution >= 0.6 is 0 Å². The van der Waals surface area contributed by atoms with Crippen LogP contribution < -0.4 is 10.6 Å². The lowest BCUT2D eigenvalue weighted by molar-refractivity contribution is 0.854. The van der Waals surface area contributed by atoms with Crippen LogP contribution in [0, 0.1) is 5.41 Å². The average molecular weight is 215 g/mol. The summed E-state index contributed by atoms with van der Waals surface area (Å²) in [6.07, 6.45) is 3.23. The molecule has 0 bridgehead atoms. The topological polar surface area (TPSA) is 47.9 Å². The van der Waals surface area contributed by atoms with Gasteiger partial charge in [-0.15, -0.1) is 0 Å². The Labute approximate surface area is 96.1 Å². The summed E-state index contributed by atoms with van der Waals surface area (Å²) in [6.45, 7) is 3.23. The maximum Gasteiger partial charge on any atom is 0.0376 e. The fourth-order valence-electron chi connectivity index (χ4n) is 2.05. The Kier molecular flexibility index (Phi) is 2.95. The predicted octanol–water partition coefficient (Wildman–Crippen LogP) is 2.43. The van der Waals surface area contributed by atoms with Crippen molar-refractivity contribution in [2.24, 2.45) is 0 Å². The van der Waals surface area contributed by atoms with Gasteiger partial charge in [-0.05, 0) is 23.3 Å². The van der Waals surface area contributed by atoms with Gasteiger partial charge < -0.3 is 16.0 Å². The van der Waals surface area contributed by atoms with Crippen molar-refractivity contribution in [2.45, 2.75) is 12.8 Å². The normalized spacial score (nSPS) is 18.9. The molecule has 1 aliphatic heterocycles. The molecule has 0 fully saturated rings. The molecule has 2 rings (SSSR count). The Morgan fingerprint density at radius 2 is 2.38 bits per heavy atom. The Balaban J connectivity index is 2.41. The van der Waals surface area contributed by atoms with E-state index in [0.717, 1.165) is 17.7 Å². The Bertz CT molecular complexity index is 435. The third-order valence-electron chi connectivity index (χ3n) is 2.97. The van der Waals surface area contributed by atoms with Crippen LogP contribution in [0.15, 0.2) is 24.4 Å². The second-order valence-corrected chi connectivity index (χ2v) is 4.12. The van der Waals surface area contributed by atoms with Gasteiger partial charge in [0.05, 0.1) is 0 Å². The number of anilines is 1. The predicted molar refractivity (Wildman–Crippen MR) is 69.2 cm³/mol. The van der Waals surface area contributed by atoms with Crippen molar-refractivity contribution in [1.82, 2.24) is 5.32 Å². The molecule has 84 valence electrons. The van der Waals surface area contributed by atoms with Gasteiger partial charge in [-0.25, -0.2) is 0 Å². The van der Waals surface area contributed by atoms with Crippen molar-refractivity contribution in [3.05, 3.63) is 35.5 Å². The van der Waals surface area contributed by atoms with E-state index in [0.29, 0.717) is 5.92 Å². The minimum atomic E-state index is 0.552. The van der Waals surface area contributed by atoms with Crippen molar-refractivity contribution in [2.75, 3.05) is 18.9 Å². The van der Waals surface area contributed by atoms with Crippen LogP contribution in [0.5, 0.6) is 0 Å². The molecule has 0 spiro atoms. The molecular formula is C13H17N3. The lowest BCUT2D eigenvalue weighted by atomic mass is 9.98. The first-order chi connectivity index (χ1) is 7.76. The number of benzene rings is 1. The Morgan fingerprint density at radius 3 is 3.06 bits per heavy atom. The maximum absolute atomic E-state index is 7.40. The lowest BCUT2D eigenvalue weighted by Crippen LogP contribution is -1.98. The molecule has 1 aromatic carbocycles. The van der Waals surface area contributed by atoms with Crippen LogP contribution in [0.4, 0.5) is 5.69 Å². The van der Waals surface area contributed by atoms with Gasteiger partial charge >= 0.3 is 0 Å². The highest BCUT2D eigenvalue weighted by molar-refractivity contribution is 6.08. The smallest absolute Gasteiger partial charge is 0.0376 e. The van der Waals surface area contributed by atoms with Gasteiger partial charge in [-0.2, -0.15) is 0 Å². The summed E-state index contributed by atoms with van der Waals surface area (Å²) in [4.78, 5) is 0. The van der Waals surface area contributed by atoms with Crippen molar-refractivity contribution >= 4 is 17.5 Å². The first-order valence-corrected chi connectivity index (χ1v) is 5.52. The van der Waals surface area contributed by atoms with Crippen LogP contribution in [0.1, 0.15) is 24.0 Å². The maximum atomic E-state index is 7.40. The zero-order chi connectivity index (χ0) is 11.5. The van der Waals surface area contributed by atoms with Crippen LogP contribution in [0.25, 0.3) is 5.57 Å². The van der Waals surface area contributed by atoms with E-state index in [2.05, 4.69) is 35.8 Å². The molecule has 3 nitrogen and oxygen atoms in total. The molecule has 0 saturated carbocycles. The summed E-state index contributed by atoms with van der Waals surface area (Å²) in [5, 5.41) is 13.7. The van der Waals surface area contributed by atoms with Crippen LogP contribution in [-0.4, -0.2) is 19.8 Å². The molecule has 3 N–H and O–H groups in total. The molecule has 3 heteroatoms. The lowest BCUT2D eigenvalue weighted by Gasteiger charge is -2.07. The first kappa shape index (κ1) is 10.7. The number of fused-ring (bicyclic) bond motifs is 1. The van der Waals surface area contributed by atoms with Gasteiger partial charge in [-0.1, -0.05) is 13.0 Å². The van der Waals surface area contributed by atoms with E-state index in [1.165, 1.54) is 17.5 Å². The van der Waals surface area contributed by atoms with E-state index in [9.17, 15) is 0 Å². The van der Waals surface area contributed by atoms with Gasteiger partial charge in [0.2, 0.25) is 0 Å². The summed E-state index contributed by atoms with van der Waals surface area (Å²) < 4.78 is 0. The van der Waals surface area contributed by atoms with Crippen molar-refractivity contribution in [1.29, 1.82) is 5.41 Å². The van der Waals surface area contributed by atoms with Crippen LogP contribution in [0.2, 0.25) is 0 Å². The number of nitrogens with one attached hydrogen (secondary N) is 3. The number of hydrogen-bond acceptors (Lipinski definition) is 3. The van der Waals surface area contributed by atoms with Gasteiger partial charge in [0.1, 0.15) is 0 Å². The average Bonchev–Trinajstić information content (AvgIpc) is 2.68. The summed E-state index contributed by atoms with van der Waals surface area (Å²) in [5.74, 6) is 0.552. The Morgan fingerprint density at radius 1 is 1.56 bits per heavy atom. The van der Waals surface area contributed by atoms with Crippen LogP contribution in [-0.2, 0) is 0 Å². The third kappa shape index (κ3) is 1.81. The largest absolute Gasteiger partial charge is 0.393 e. The molecular weight excluding hydrogens is 198 g/mol. The van der Waals surface area contributed by atoms with Crippen molar-refractivity contribution in [3.8, 4) is 0 Å². The molecule has 1 aliphatic rings. The SMILES string of the molecule is CN/C=C(\C=N)c1ccc2c(c1)C(C)CN2. The molecule has 1 heterocycles. The molecule has 0 radical (unpaired) electrons. The summed E-state index contributed by atoms with van der Waals surface area (Å²) >= 11 is 0. The van der Waals surface area contributed by atoms with E-state index in [1.807, 2.05) is 13.2 Å². The molecule has 16 heavy (non-hydrogen) atoms. The fraction of sp³-hybridized carbons (Fsp3) is 0.308. The standard InChI is InChI=1S/C13H17N3/c1-9-7-16-13-4-3-10(5-12(9)13)11(6-14)8-15-2/h3-6,8-9,14-16H,7H2,1-2H3/b11-8+,14-6?. The number of allylic oxidation sites excluding steroid dienone is 1. The minimum absolute atomic E-state index is 0.552. The molecule has 0 amide bonds. The molecule has 0 aliphatic carbocycles. The minimum Gasteiger partial charge on any atom is -0.393 e. The Hall–Kier alpha value is -1.77. The number of rotatable bonds is 3. The zero-order valence-corrected chi connectivity index (χ0v) is 9.67. The second-order valence-electron chi connectivity index (χ2n) is 4.12. The highest BCUT2D eigenvalue weighted by atomic mass is 14.9. The molecule has 1 aromatic rings. The quantitative estimate of drug-likeness (QED) is 0.678. The van der Waals surface area contributed by atoms with Gasteiger partial charge in [-0.3, -0.25) is 0 Å². The first-order valence-electron chi connectivity index (χ1n) is 5.52. The van der Waals surface area contributed by atoms with Gasteiger partial charge in [0, 0.05) is 43.2 Å². The zero-order valence-electron chi connectivity index (χ0n) is 9.67. The third-order valence-corrected chi connectivity index (χ3v) is 2.97. The van der Waals surface area contributed by atoms with Crippen molar-refractivity contribution in [3.63, 3.8) is 0 Å². The monoisotopic (exact) mass is 215 g/mol. The molecule has 1 unspecified atom stereocenters. The summed E-state index contributed by atoms with van der Waals surface area (Å²) in [6, 6.07) is 6.33. The van der Waals surface area contributed by atoms with E-state index in [1.54, 1.807) is 0 Å². The summed E-state index contributed by atoms with van der Waals surface area (Å²) in [5.41, 5.74) is 4.58. The summed E-state index contributed by atoms with van der Waals surface area (Å²) in [7, 11) is 1.85. The van der Waals surface area contributed by atoms with Crippen molar-refractivity contribution < 1.29 is 0 Å². The van der Waals surface area contributed by atoms with Gasteiger partial charge in [0.15, 0.2) is 0 Å². The van der Waals surface area contributed by atoms with Crippen LogP contribution in [0.3, 0.4) is 0 Å². The second kappa shape index (κ2) is 4.39. The van der Waals surface area contributed by atoms with E-state index >= 15 is 0 Å². The van der Waals surface area contributed by atoms with Gasteiger partial charge in [0.25, 0.3) is 0 Å². The number of hydrogen-bond donors (Lipinski definition) is 3. The molecule has 0 aromatic heterocycles. The molecule has 1 atom stereocenters. The van der Waals surface area contributed by atoms with E-state index in [-0.39, 0.29) is 0 Å². The molecule has 0 saturated heterocycles. The highest BCUT2D eigenvalue weighted by Crippen LogP contribution is 2.32. The van der Waals surface area contributed by atoms with E-state index in [4.69, 9.17) is 5.41 Å². The van der Waals surface area contributed by atoms with E-state index < -0.39 is 0 Å².